The van der Waals surface area contributed by atoms with Gasteiger partial charge in [0.25, 0.3) is 5.69 Å². The Balaban J connectivity index is 1.99. The predicted octanol–water partition coefficient (Wildman–Crippen LogP) is 1.91. The van der Waals surface area contributed by atoms with Gasteiger partial charge >= 0.3 is 0 Å². The van der Waals surface area contributed by atoms with Crippen LogP contribution in [0.5, 0.6) is 0 Å². The molecule has 0 spiro atoms. The number of sulfone groups is 1. The third-order valence-electron chi connectivity index (χ3n) is 4.22. The lowest BCUT2D eigenvalue weighted by Gasteiger charge is -2.30. The van der Waals surface area contributed by atoms with E-state index in [1.165, 1.54) is 12.1 Å². The van der Waals surface area contributed by atoms with E-state index in [2.05, 4.69) is 9.97 Å². The largest absolute Gasteiger partial charge is 0.365 e. The molecule has 25 heavy (non-hydrogen) atoms. The molecule has 1 aliphatic heterocycles. The Morgan fingerprint density at radius 1 is 1.36 bits per heavy atom. The van der Waals surface area contributed by atoms with Gasteiger partial charge < -0.3 is 4.90 Å². The summed E-state index contributed by atoms with van der Waals surface area (Å²) in [6.07, 6.45) is 4.30. The maximum absolute atomic E-state index is 11.9. The van der Waals surface area contributed by atoms with E-state index in [4.69, 9.17) is 0 Å². The number of hydrogen-bond acceptors (Lipinski definition) is 7. The predicted molar refractivity (Wildman–Crippen MR) is 92.4 cm³/mol. The van der Waals surface area contributed by atoms with Gasteiger partial charge in [-0.1, -0.05) is 6.92 Å². The average molecular weight is 362 g/mol. The van der Waals surface area contributed by atoms with E-state index in [1.54, 1.807) is 6.07 Å². The zero-order chi connectivity index (χ0) is 18.2. The van der Waals surface area contributed by atoms with Crippen LogP contribution in [0.2, 0.25) is 0 Å². The second-order valence-electron chi connectivity index (χ2n) is 5.96. The first-order valence-corrected chi connectivity index (χ1v) is 9.76. The second kappa shape index (κ2) is 6.40. The molecule has 0 N–H and O–H groups in total. The minimum absolute atomic E-state index is 0.266. The van der Waals surface area contributed by atoms with E-state index in [1.807, 2.05) is 18.0 Å². The van der Waals surface area contributed by atoms with E-state index in [0.29, 0.717) is 18.8 Å². The van der Waals surface area contributed by atoms with Gasteiger partial charge in [-0.15, -0.1) is 0 Å². The van der Waals surface area contributed by atoms with Crippen molar-refractivity contribution in [1.82, 2.24) is 9.97 Å². The SMILES string of the molecule is CCc1ncc2c(n1)CN(c1ccc([N+](=O)[O-])c(S(C)(=O)=O)c1)CC2. The van der Waals surface area contributed by atoms with Gasteiger partial charge in [0.1, 0.15) is 10.7 Å². The summed E-state index contributed by atoms with van der Waals surface area (Å²) in [7, 11) is -3.70. The molecule has 0 unspecified atom stereocenters. The number of hydrogen-bond donors (Lipinski definition) is 0. The highest BCUT2D eigenvalue weighted by Crippen LogP contribution is 2.31. The molecule has 8 nitrogen and oxygen atoms in total. The van der Waals surface area contributed by atoms with Crippen molar-refractivity contribution in [2.45, 2.75) is 31.2 Å². The fourth-order valence-electron chi connectivity index (χ4n) is 2.88. The lowest BCUT2D eigenvalue weighted by atomic mass is 10.1. The van der Waals surface area contributed by atoms with Crippen LogP contribution in [-0.2, 0) is 29.2 Å². The molecule has 2 aromatic rings. The van der Waals surface area contributed by atoms with Gasteiger partial charge in [0.05, 0.1) is 17.2 Å². The molecule has 0 radical (unpaired) electrons. The van der Waals surface area contributed by atoms with E-state index in [0.717, 1.165) is 36.2 Å². The van der Waals surface area contributed by atoms with E-state index < -0.39 is 20.4 Å². The normalized spacial score (nSPS) is 14.2. The summed E-state index contributed by atoms with van der Waals surface area (Å²) >= 11 is 0. The van der Waals surface area contributed by atoms with Gasteiger partial charge in [0.15, 0.2) is 9.84 Å². The maximum atomic E-state index is 11.9. The Bertz CT molecular complexity index is 943. The van der Waals surface area contributed by atoms with Gasteiger partial charge in [0, 0.05) is 37.2 Å². The van der Waals surface area contributed by atoms with E-state index in [-0.39, 0.29) is 4.90 Å². The van der Waals surface area contributed by atoms with Crippen molar-refractivity contribution >= 4 is 21.2 Å². The summed E-state index contributed by atoms with van der Waals surface area (Å²) in [5.74, 6) is 0.765. The molecular formula is C16H18N4O4S. The molecule has 1 aromatic heterocycles. The summed E-state index contributed by atoms with van der Waals surface area (Å²) in [5, 5.41) is 11.1. The summed E-state index contributed by atoms with van der Waals surface area (Å²) < 4.78 is 23.9. The van der Waals surface area contributed by atoms with Gasteiger partial charge in [-0.3, -0.25) is 10.1 Å². The number of anilines is 1. The lowest BCUT2D eigenvalue weighted by molar-refractivity contribution is -0.387. The molecule has 3 rings (SSSR count). The van der Waals surface area contributed by atoms with Gasteiger partial charge in [-0.2, -0.15) is 0 Å². The van der Waals surface area contributed by atoms with Crippen molar-refractivity contribution in [3.63, 3.8) is 0 Å². The van der Waals surface area contributed by atoms with Crippen LogP contribution in [-0.4, -0.2) is 36.1 Å². The second-order valence-corrected chi connectivity index (χ2v) is 7.95. The Hall–Kier alpha value is -2.55. The van der Waals surface area contributed by atoms with Crippen LogP contribution in [0.25, 0.3) is 0 Å². The first-order chi connectivity index (χ1) is 11.8. The van der Waals surface area contributed by atoms with Crippen LogP contribution in [0.15, 0.2) is 29.3 Å². The number of nitrogens with zero attached hydrogens (tertiary/aromatic N) is 4. The van der Waals surface area contributed by atoms with Crippen molar-refractivity contribution in [2.75, 3.05) is 17.7 Å². The van der Waals surface area contributed by atoms with Crippen LogP contribution < -0.4 is 4.90 Å². The number of nitro groups is 1. The highest BCUT2D eigenvalue weighted by molar-refractivity contribution is 7.90. The molecule has 132 valence electrons. The number of benzene rings is 1. The number of rotatable bonds is 4. The molecule has 0 saturated carbocycles. The van der Waals surface area contributed by atoms with Crippen LogP contribution >= 0.6 is 0 Å². The van der Waals surface area contributed by atoms with E-state index >= 15 is 0 Å². The van der Waals surface area contributed by atoms with E-state index in [9.17, 15) is 18.5 Å². The van der Waals surface area contributed by atoms with Gasteiger partial charge in [-0.25, -0.2) is 18.4 Å². The first kappa shape index (κ1) is 17.3. The summed E-state index contributed by atoms with van der Waals surface area (Å²) in [6, 6.07) is 4.21. The van der Waals surface area contributed by atoms with Gasteiger partial charge in [-0.05, 0) is 24.1 Å². The molecule has 1 aliphatic rings. The standard InChI is InChI=1S/C16H18N4O4S/c1-3-16-17-9-11-6-7-19(10-13(11)18-16)12-4-5-14(20(21)22)15(8-12)25(2,23)24/h4-5,8-9H,3,6-7,10H2,1-2H3. The van der Waals surface area contributed by atoms with Crippen molar-refractivity contribution in [3.8, 4) is 0 Å². The highest BCUT2D eigenvalue weighted by atomic mass is 32.2. The highest BCUT2D eigenvalue weighted by Gasteiger charge is 2.25. The topological polar surface area (TPSA) is 106 Å². The molecule has 0 amide bonds. The molecule has 0 saturated heterocycles. The van der Waals surface area contributed by atoms with Crippen molar-refractivity contribution in [3.05, 3.63) is 51.6 Å². The van der Waals surface area contributed by atoms with Crippen LogP contribution in [0.3, 0.4) is 0 Å². The third-order valence-corrected chi connectivity index (χ3v) is 5.34. The Kier molecular flexibility index (Phi) is 4.42. The molecular weight excluding hydrogens is 344 g/mol. The number of fused-ring (bicyclic) bond motifs is 1. The minimum Gasteiger partial charge on any atom is -0.365 e. The summed E-state index contributed by atoms with van der Waals surface area (Å²) in [4.78, 5) is 21.0. The van der Waals surface area contributed by atoms with Gasteiger partial charge in [0.2, 0.25) is 0 Å². The lowest BCUT2D eigenvalue weighted by Crippen LogP contribution is -2.31. The Morgan fingerprint density at radius 3 is 2.76 bits per heavy atom. The van der Waals surface area contributed by atoms with Crippen LogP contribution in [0, 0.1) is 10.1 Å². The Morgan fingerprint density at radius 2 is 2.12 bits per heavy atom. The number of aryl methyl sites for hydroxylation is 1. The van der Waals surface area contributed by atoms with Crippen molar-refractivity contribution < 1.29 is 13.3 Å². The first-order valence-electron chi connectivity index (χ1n) is 7.86. The summed E-state index contributed by atoms with van der Waals surface area (Å²) in [6.45, 7) is 3.17. The third kappa shape index (κ3) is 3.46. The van der Waals surface area contributed by atoms with Crippen molar-refractivity contribution in [1.29, 1.82) is 0 Å². The molecule has 1 aromatic carbocycles. The molecule has 0 fully saturated rings. The molecule has 0 atom stereocenters. The maximum Gasteiger partial charge on any atom is 0.288 e. The molecule has 0 aliphatic carbocycles. The molecule has 9 heteroatoms. The zero-order valence-corrected chi connectivity index (χ0v) is 14.8. The number of nitro benzene ring substituents is 1. The van der Waals surface area contributed by atoms with Crippen LogP contribution in [0.4, 0.5) is 11.4 Å². The average Bonchev–Trinajstić information content (AvgIpc) is 2.59. The summed E-state index contributed by atoms with van der Waals surface area (Å²) in [5.41, 5.74) is 2.23. The Labute approximate surface area is 145 Å². The quantitative estimate of drug-likeness (QED) is 0.604. The molecule has 2 heterocycles. The van der Waals surface area contributed by atoms with Crippen molar-refractivity contribution in [2.24, 2.45) is 0 Å². The monoisotopic (exact) mass is 362 g/mol. The fourth-order valence-corrected chi connectivity index (χ4v) is 3.74. The van der Waals surface area contributed by atoms with Crippen LogP contribution in [0.1, 0.15) is 24.0 Å². The minimum atomic E-state index is -3.70. The number of aromatic nitrogens is 2. The smallest absolute Gasteiger partial charge is 0.288 e. The molecule has 0 bridgehead atoms. The fraction of sp³-hybridized carbons (Fsp3) is 0.375. The zero-order valence-electron chi connectivity index (χ0n) is 14.0.